The Labute approximate surface area is 122 Å². The first-order chi connectivity index (χ1) is 9.99. The first-order valence-corrected chi connectivity index (χ1v) is 6.55. The van der Waals surface area contributed by atoms with E-state index in [9.17, 15) is 9.59 Å². The molecule has 1 atom stereocenters. The van der Waals surface area contributed by atoms with Crippen LogP contribution in [0.15, 0.2) is 42.7 Å². The van der Waals surface area contributed by atoms with Crippen LogP contribution in [0.5, 0.6) is 0 Å². The SMILES string of the molecule is CC(C(=O)O)N(C)C(=O)c1ccc(Cn2cccn2)cc1. The summed E-state index contributed by atoms with van der Waals surface area (Å²) in [4.78, 5) is 24.3. The topological polar surface area (TPSA) is 75.4 Å². The number of hydrogen-bond donors (Lipinski definition) is 1. The van der Waals surface area contributed by atoms with E-state index in [1.165, 1.54) is 18.9 Å². The summed E-state index contributed by atoms with van der Waals surface area (Å²) in [6, 6.07) is 8.07. The van der Waals surface area contributed by atoms with Gasteiger partial charge in [-0.3, -0.25) is 9.48 Å². The van der Waals surface area contributed by atoms with E-state index in [0.717, 1.165) is 5.56 Å². The summed E-state index contributed by atoms with van der Waals surface area (Å²) in [7, 11) is 1.48. The van der Waals surface area contributed by atoms with Crippen LogP contribution in [0.4, 0.5) is 0 Å². The third kappa shape index (κ3) is 3.47. The van der Waals surface area contributed by atoms with Crippen LogP contribution in [0, 0.1) is 0 Å². The number of aliphatic carboxylic acids is 1. The second kappa shape index (κ2) is 6.21. The van der Waals surface area contributed by atoms with Crippen molar-refractivity contribution in [1.82, 2.24) is 14.7 Å². The van der Waals surface area contributed by atoms with Gasteiger partial charge in [-0.05, 0) is 30.7 Å². The highest BCUT2D eigenvalue weighted by molar-refractivity contribution is 5.96. The van der Waals surface area contributed by atoms with Gasteiger partial charge in [0.05, 0.1) is 6.54 Å². The fourth-order valence-electron chi connectivity index (χ4n) is 1.88. The molecule has 1 N–H and O–H groups in total. The highest BCUT2D eigenvalue weighted by Gasteiger charge is 2.22. The molecule has 0 spiro atoms. The van der Waals surface area contributed by atoms with Crippen molar-refractivity contribution >= 4 is 11.9 Å². The van der Waals surface area contributed by atoms with E-state index in [-0.39, 0.29) is 5.91 Å². The molecule has 1 aromatic carbocycles. The van der Waals surface area contributed by atoms with E-state index < -0.39 is 12.0 Å². The third-order valence-electron chi connectivity index (χ3n) is 3.36. The molecular formula is C15H17N3O3. The van der Waals surface area contributed by atoms with Crippen molar-refractivity contribution in [2.75, 3.05) is 7.05 Å². The lowest BCUT2D eigenvalue weighted by Gasteiger charge is -2.21. The molecule has 110 valence electrons. The van der Waals surface area contributed by atoms with E-state index >= 15 is 0 Å². The number of aromatic nitrogens is 2. The molecule has 1 unspecified atom stereocenters. The van der Waals surface area contributed by atoms with Crippen LogP contribution in [-0.4, -0.2) is 44.8 Å². The summed E-state index contributed by atoms with van der Waals surface area (Å²) < 4.78 is 1.79. The lowest BCUT2D eigenvalue weighted by Crippen LogP contribution is -2.40. The number of rotatable bonds is 5. The minimum absolute atomic E-state index is 0.310. The molecular weight excluding hydrogens is 270 g/mol. The fraction of sp³-hybridized carbons (Fsp3) is 0.267. The van der Waals surface area contributed by atoms with Gasteiger partial charge >= 0.3 is 5.97 Å². The number of carboxylic acids is 1. The molecule has 21 heavy (non-hydrogen) atoms. The van der Waals surface area contributed by atoms with Crippen molar-refractivity contribution < 1.29 is 14.7 Å². The Balaban J connectivity index is 2.08. The molecule has 2 aromatic rings. The van der Waals surface area contributed by atoms with Gasteiger partial charge in [0, 0.05) is 25.0 Å². The van der Waals surface area contributed by atoms with Gasteiger partial charge in [0.1, 0.15) is 6.04 Å². The van der Waals surface area contributed by atoms with Gasteiger partial charge in [-0.1, -0.05) is 12.1 Å². The zero-order valence-electron chi connectivity index (χ0n) is 11.9. The highest BCUT2D eigenvalue weighted by Crippen LogP contribution is 2.10. The van der Waals surface area contributed by atoms with Gasteiger partial charge in [0.2, 0.25) is 0 Å². The van der Waals surface area contributed by atoms with Gasteiger partial charge < -0.3 is 10.0 Å². The normalized spacial score (nSPS) is 11.9. The molecule has 0 aliphatic rings. The minimum Gasteiger partial charge on any atom is -0.480 e. The molecule has 6 nitrogen and oxygen atoms in total. The first-order valence-electron chi connectivity index (χ1n) is 6.55. The number of likely N-dealkylation sites (N-methyl/N-ethyl adjacent to an activating group) is 1. The highest BCUT2D eigenvalue weighted by atomic mass is 16.4. The Hall–Kier alpha value is -2.63. The van der Waals surface area contributed by atoms with E-state index in [1.54, 1.807) is 23.0 Å². The molecule has 0 aliphatic carbocycles. The monoisotopic (exact) mass is 287 g/mol. The van der Waals surface area contributed by atoms with Crippen molar-refractivity contribution in [2.45, 2.75) is 19.5 Å². The van der Waals surface area contributed by atoms with Gasteiger partial charge in [-0.15, -0.1) is 0 Å². The van der Waals surface area contributed by atoms with Crippen LogP contribution >= 0.6 is 0 Å². The molecule has 0 saturated heterocycles. The molecule has 0 fully saturated rings. The number of carbonyl (C=O) groups is 2. The second-order valence-corrected chi connectivity index (χ2v) is 4.83. The molecule has 6 heteroatoms. The summed E-state index contributed by atoms with van der Waals surface area (Å²) in [6.07, 6.45) is 3.57. The molecule has 0 radical (unpaired) electrons. The molecule has 2 rings (SSSR count). The van der Waals surface area contributed by atoms with Crippen LogP contribution in [0.1, 0.15) is 22.8 Å². The predicted octanol–water partition coefficient (Wildman–Crippen LogP) is 1.48. The van der Waals surface area contributed by atoms with Gasteiger partial charge in [-0.2, -0.15) is 5.10 Å². The maximum atomic E-state index is 12.2. The number of nitrogens with zero attached hydrogens (tertiary/aromatic N) is 3. The van der Waals surface area contributed by atoms with E-state index in [2.05, 4.69) is 5.10 Å². The molecule has 1 amide bonds. The Morgan fingerprint density at radius 3 is 2.52 bits per heavy atom. The fourth-order valence-corrected chi connectivity index (χ4v) is 1.88. The Kier molecular flexibility index (Phi) is 4.37. The summed E-state index contributed by atoms with van der Waals surface area (Å²) in [6.45, 7) is 2.11. The lowest BCUT2D eigenvalue weighted by atomic mass is 10.1. The summed E-state index contributed by atoms with van der Waals surface area (Å²) in [5, 5.41) is 13.0. The van der Waals surface area contributed by atoms with Gasteiger partial charge in [0.25, 0.3) is 5.91 Å². The number of carboxylic acid groups (broad SMARTS) is 1. The Morgan fingerprint density at radius 2 is 2.00 bits per heavy atom. The van der Waals surface area contributed by atoms with E-state index in [4.69, 9.17) is 5.11 Å². The molecule has 1 aromatic heterocycles. The second-order valence-electron chi connectivity index (χ2n) is 4.83. The van der Waals surface area contributed by atoms with Crippen LogP contribution in [0.25, 0.3) is 0 Å². The van der Waals surface area contributed by atoms with Crippen LogP contribution in [0.3, 0.4) is 0 Å². The Morgan fingerprint density at radius 1 is 1.33 bits per heavy atom. The number of amides is 1. The van der Waals surface area contributed by atoms with Crippen molar-refractivity contribution in [1.29, 1.82) is 0 Å². The van der Waals surface area contributed by atoms with Crippen LogP contribution in [-0.2, 0) is 11.3 Å². The summed E-state index contributed by atoms with van der Waals surface area (Å²) >= 11 is 0. The van der Waals surface area contributed by atoms with Gasteiger partial charge in [-0.25, -0.2) is 4.79 Å². The zero-order chi connectivity index (χ0) is 15.4. The Bertz CT molecular complexity index is 620. The molecule has 0 aliphatic heterocycles. The molecule has 0 bridgehead atoms. The van der Waals surface area contributed by atoms with Crippen LogP contribution in [0.2, 0.25) is 0 Å². The molecule has 0 saturated carbocycles. The average Bonchev–Trinajstić information content (AvgIpc) is 2.98. The lowest BCUT2D eigenvalue weighted by molar-refractivity contribution is -0.141. The van der Waals surface area contributed by atoms with Gasteiger partial charge in [0.15, 0.2) is 0 Å². The minimum atomic E-state index is -1.03. The maximum absolute atomic E-state index is 12.2. The number of carbonyl (C=O) groups excluding carboxylic acids is 1. The summed E-state index contributed by atoms with van der Waals surface area (Å²) in [5.74, 6) is -1.34. The smallest absolute Gasteiger partial charge is 0.326 e. The quantitative estimate of drug-likeness (QED) is 0.903. The standard InChI is InChI=1S/C15H17N3O3/c1-11(15(20)21)17(2)14(19)13-6-4-12(5-7-13)10-18-9-3-8-16-18/h3-9,11H,10H2,1-2H3,(H,20,21). The maximum Gasteiger partial charge on any atom is 0.326 e. The van der Waals surface area contributed by atoms with Crippen molar-refractivity contribution in [3.05, 3.63) is 53.9 Å². The zero-order valence-corrected chi connectivity index (χ0v) is 11.9. The third-order valence-corrected chi connectivity index (χ3v) is 3.36. The summed E-state index contributed by atoms with van der Waals surface area (Å²) in [5.41, 5.74) is 1.49. The predicted molar refractivity (Wildman–Crippen MR) is 77.0 cm³/mol. The average molecular weight is 287 g/mol. The first kappa shape index (κ1) is 14.8. The largest absolute Gasteiger partial charge is 0.480 e. The van der Waals surface area contributed by atoms with Crippen molar-refractivity contribution in [2.24, 2.45) is 0 Å². The van der Waals surface area contributed by atoms with Crippen molar-refractivity contribution in [3.63, 3.8) is 0 Å². The van der Waals surface area contributed by atoms with E-state index in [0.29, 0.717) is 12.1 Å². The van der Waals surface area contributed by atoms with Crippen LogP contribution < -0.4 is 0 Å². The van der Waals surface area contributed by atoms with E-state index in [1.807, 2.05) is 24.4 Å². The number of benzene rings is 1. The molecule has 1 heterocycles. The van der Waals surface area contributed by atoms with Crippen molar-refractivity contribution in [3.8, 4) is 0 Å². The number of hydrogen-bond acceptors (Lipinski definition) is 3.